The van der Waals surface area contributed by atoms with Crippen LogP contribution in [-0.2, 0) is 6.61 Å². The van der Waals surface area contributed by atoms with Crippen LogP contribution in [0.15, 0.2) is 48.5 Å². The van der Waals surface area contributed by atoms with Gasteiger partial charge in [0.05, 0.1) is 17.2 Å². The van der Waals surface area contributed by atoms with E-state index in [0.29, 0.717) is 48.7 Å². The molecule has 4 rings (SSSR count). The number of hydrogen-bond acceptors (Lipinski definition) is 4. The van der Waals surface area contributed by atoms with Crippen molar-refractivity contribution >= 4 is 5.91 Å². The first-order chi connectivity index (χ1) is 14.1. The number of nitrogens with zero attached hydrogens (tertiary/aromatic N) is 2. The highest BCUT2D eigenvalue weighted by molar-refractivity contribution is 5.94. The summed E-state index contributed by atoms with van der Waals surface area (Å²) >= 11 is 0. The standard InChI is InChI=1S/C24H26N2O3/c25-16-19-5-1-2-6-20(19)17-29-22-10-3-7-18(15-22)23(27)26-13-11-24(28,12-14-26)21-8-4-9-21/h1-3,5-7,10,15,21,28H,4,8-9,11-14,17H2. The minimum Gasteiger partial charge on any atom is -0.489 e. The molecule has 5 heteroatoms. The topological polar surface area (TPSA) is 73.6 Å². The monoisotopic (exact) mass is 390 g/mol. The third kappa shape index (κ3) is 4.13. The lowest BCUT2D eigenvalue weighted by Gasteiger charge is -2.46. The Morgan fingerprint density at radius 1 is 1.17 bits per heavy atom. The van der Waals surface area contributed by atoms with Crippen molar-refractivity contribution in [2.75, 3.05) is 13.1 Å². The lowest BCUT2D eigenvalue weighted by molar-refractivity contribution is -0.0861. The molecule has 0 unspecified atom stereocenters. The van der Waals surface area contributed by atoms with Gasteiger partial charge in [0.2, 0.25) is 0 Å². The largest absolute Gasteiger partial charge is 0.489 e. The normalized spacial score (nSPS) is 18.6. The quantitative estimate of drug-likeness (QED) is 0.840. The number of carbonyl (C=O) groups is 1. The average Bonchev–Trinajstić information content (AvgIpc) is 2.71. The number of likely N-dealkylation sites (tertiary alicyclic amines) is 1. The van der Waals surface area contributed by atoms with Gasteiger partial charge in [0.15, 0.2) is 0 Å². The third-order valence-electron chi connectivity index (χ3n) is 6.39. The van der Waals surface area contributed by atoms with Crippen LogP contribution in [0.1, 0.15) is 53.6 Å². The van der Waals surface area contributed by atoms with Gasteiger partial charge in [-0.15, -0.1) is 0 Å². The molecule has 2 aromatic rings. The highest BCUT2D eigenvalue weighted by Crippen LogP contribution is 2.42. The Hall–Kier alpha value is -2.84. The van der Waals surface area contributed by atoms with Crippen LogP contribution in [0.3, 0.4) is 0 Å². The number of piperidine rings is 1. The molecule has 1 aliphatic heterocycles. The summed E-state index contributed by atoms with van der Waals surface area (Å²) in [5.41, 5.74) is 1.41. The van der Waals surface area contributed by atoms with Gasteiger partial charge in [-0.05, 0) is 55.9 Å². The Morgan fingerprint density at radius 3 is 2.62 bits per heavy atom. The van der Waals surface area contributed by atoms with E-state index in [2.05, 4.69) is 6.07 Å². The molecule has 0 bridgehead atoms. The minimum absolute atomic E-state index is 0.0245. The van der Waals surface area contributed by atoms with Crippen LogP contribution in [0.25, 0.3) is 0 Å². The van der Waals surface area contributed by atoms with Gasteiger partial charge >= 0.3 is 0 Å². The Kier molecular flexibility index (Phi) is 5.55. The summed E-state index contributed by atoms with van der Waals surface area (Å²) in [6.07, 6.45) is 4.74. The van der Waals surface area contributed by atoms with E-state index in [1.807, 2.05) is 35.2 Å². The first-order valence-corrected chi connectivity index (χ1v) is 10.3. The predicted molar refractivity (Wildman–Crippen MR) is 109 cm³/mol. The van der Waals surface area contributed by atoms with Gasteiger partial charge in [-0.25, -0.2) is 0 Å². The molecule has 1 saturated carbocycles. The van der Waals surface area contributed by atoms with E-state index in [-0.39, 0.29) is 12.5 Å². The molecule has 1 saturated heterocycles. The summed E-state index contributed by atoms with van der Waals surface area (Å²) in [6, 6.07) is 16.7. The van der Waals surface area contributed by atoms with E-state index in [1.165, 1.54) is 6.42 Å². The van der Waals surface area contributed by atoms with Crippen LogP contribution in [0.4, 0.5) is 0 Å². The van der Waals surface area contributed by atoms with E-state index in [0.717, 1.165) is 18.4 Å². The fourth-order valence-electron chi connectivity index (χ4n) is 4.27. The third-order valence-corrected chi connectivity index (χ3v) is 6.39. The summed E-state index contributed by atoms with van der Waals surface area (Å²) in [7, 11) is 0. The number of nitriles is 1. The summed E-state index contributed by atoms with van der Waals surface area (Å²) in [4.78, 5) is 14.8. The van der Waals surface area contributed by atoms with Gasteiger partial charge in [0.1, 0.15) is 12.4 Å². The highest BCUT2D eigenvalue weighted by Gasteiger charge is 2.43. The molecule has 2 fully saturated rings. The van der Waals surface area contributed by atoms with Crippen molar-refractivity contribution < 1.29 is 14.6 Å². The molecule has 0 aromatic heterocycles. The number of aliphatic hydroxyl groups is 1. The van der Waals surface area contributed by atoms with Crippen LogP contribution in [0.5, 0.6) is 5.75 Å². The summed E-state index contributed by atoms with van der Waals surface area (Å²) in [6.45, 7) is 1.46. The zero-order valence-corrected chi connectivity index (χ0v) is 16.5. The molecule has 2 aromatic carbocycles. The van der Waals surface area contributed by atoms with Gasteiger partial charge in [-0.3, -0.25) is 4.79 Å². The van der Waals surface area contributed by atoms with E-state index >= 15 is 0 Å². The molecule has 0 spiro atoms. The second-order valence-electron chi connectivity index (χ2n) is 8.11. The zero-order valence-electron chi connectivity index (χ0n) is 16.5. The number of carbonyl (C=O) groups excluding carboxylic acids is 1. The molecule has 5 nitrogen and oxygen atoms in total. The molecule has 1 amide bonds. The van der Waals surface area contributed by atoms with Crippen molar-refractivity contribution in [2.45, 2.75) is 44.3 Å². The molecule has 1 heterocycles. The maximum atomic E-state index is 12.9. The SMILES string of the molecule is N#Cc1ccccc1COc1cccc(C(=O)N2CCC(O)(C3CCC3)CC2)c1. The fourth-order valence-corrected chi connectivity index (χ4v) is 4.27. The first kappa shape index (κ1) is 19.5. The van der Waals surface area contributed by atoms with Crippen molar-refractivity contribution in [2.24, 2.45) is 5.92 Å². The van der Waals surface area contributed by atoms with Crippen molar-refractivity contribution in [3.63, 3.8) is 0 Å². The minimum atomic E-state index is -0.589. The van der Waals surface area contributed by atoms with Crippen LogP contribution in [0, 0.1) is 17.2 Å². The van der Waals surface area contributed by atoms with Crippen LogP contribution in [-0.4, -0.2) is 34.6 Å². The molecule has 0 radical (unpaired) electrons. The van der Waals surface area contributed by atoms with Crippen molar-refractivity contribution in [3.05, 3.63) is 65.2 Å². The van der Waals surface area contributed by atoms with Gasteiger partial charge in [0.25, 0.3) is 5.91 Å². The van der Waals surface area contributed by atoms with E-state index in [1.54, 1.807) is 18.2 Å². The van der Waals surface area contributed by atoms with Crippen molar-refractivity contribution in [1.29, 1.82) is 5.26 Å². The molecular weight excluding hydrogens is 364 g/mol. The van der Waals surface area contributed by atoms with Crippen molar-refractivity contribution in [1.82, 2.24) is 4.90 Å². The molecule has 150 valence electrons. The van der Waals surface area contributed by atoms with E-state index in [9.17, 15) is 15.2 Å². The fraction of sp³-hybridized carbons (Fsp3) is 0.417. The predicted octanol–water partition coefficient (Wildman–Crippen LogP) is 3.90. The van der Waals surface area contributed by atoms with Gasteiger partial charge in [0, 0.05) is 24.2 Å². The molecule has 1 N–H and O–H groups in total. The van der Waals surface area contributed by atoms with Gasteiger partial charge in [-0.1, -0.05) is 30.7 Å². The highest BCUT2D eigenvalue weighted by atomic mass is 16.5. The lowest BCUT2D eigenvalue weighted by Crippen LogP contribution is -2.52. The summed E-state index contributed by atoms with van der Waals surface area (Å²) < 4.78 is 5.84. The smallest absolute Gasteiger partial charge is 0.253 e. The summed E-state index contributed by atoms with van der Waals surface area (Å²) in [5.74, 6) is 0.989. The van der Waals surface area contributed by atoms with Crippen LogP contribution in [0.2, 0.25) is 0 Å². The Morgan fingerprint density at radius 2 is 1.93 bits per heavy atom. The zero-order chi connectivity index (χ0) is 20.3. The van der Waals surface area contributed by atoms with Gasteiger partial charge in [-0.2, -0.15) is 5.26 Å². The number of ether oxygens (including phenoxy) is 1. The average molecular weight is 390 g/mol. The number of benzene rings is 2. The second-order valence-corrected chi connectivity index (χ2v) is 8.11. The molecule has 0 atom stereocenters. The maximum absolute atomic E-state index is 12.9. The number of hydrogen-bond donors (Lipinski definition) is 1. The number of rotatable bonds is 5. The Bertz CT molecular complexity index is 922. The van der Waals surface area contributed by atoms with Crippen LogP contribution >= 0.6 is 0 Å². The first-order valence-electron chi connectivity index (χ1n) is 10.3. The number of amides is 1. The van der Waals surface area contributed by atoms with E-state index in [4.69, 9.17) is 4.74 Å². The Labute approximate surface area is 171 Å². The summed E-state index contributed by atoms with van der Waals surface area (Å²) in [5, 5.41) is 20.0. The van der Waals surface area contributed by atoms with E-state index < -0.39 is 5.60 Å². The van der Waals surface area contributed by atoms with Gasteiger partial charge < -0.3 is 14.7 Å². The molecular formula is C24H26N2O3. The van der Waals surface area contributed by atoms with Crippen molar-refractivity contribution in [3.8, 4) is 11.8 Å². The molecule has 1 aliphatic carbocycles. The van der Waals surface area contributed by atoms with Crippen LogP contribution < -0.4 is 4.74 Å². The lowest BCUT2D eigenvalue weighted by atomic mass is 9.69. The molecule has 29 heavy (non-hydrogen) atoms. The second kappa shape index (κ2) is 8.26. The Balaban J connectivity index is 1.38. The molecule has 2 aliphatic rings. The maximum Gasteiger partial charge on any atom is 0.253 e.